The van der Waals surface area contributed by atoms with Crippen LogP contribution in [0.2, 0.25) is 0 Å². The van der Waals surface area contributed by atoms with Gasteiger partial charge in [-0.05, 0) is 37.1 Å². The summed E-state index contributed by atoms with van der Waals surface area (Å²) in [6.45, 7) is 5.28. The Labute approximate surface area is 126 Å². The third-order valence-corrected chi connectivity index (χ3v) is 3.72. The second-order valence-corrected chi connectivity index (χ2v) is 5.23. The molecule has 0 bridgehead atoms. The number of nitrogens with two attached hydrogens (primary N) is 1. The first-order valence-corrected chi connectivity index (χ1v) is 7.30. The Kier molecular flexibility index (Phi) is 4.99. The molecule has 0 spiro atoms. The van der Waals surface area contributed by atoms with Gasteiger partial charge in [0.15, 0.2) is 0 Å². The minimum atomic E-state index is -0.125. The highest BCUT2D eigenvalue weighted by atomic mass is 16.2. The molecule has 0 aromatic heterocycles. The van der Waals surface area contributed by atoms with Crippen LogP contribution >= 0.6 is 0 Å². The van der Waals surface area contributed by atoms with Crippen LogP contribution < -0.4 is 5.73 Å². The minimum Gasteiger partial charge on any atom is -0.399 e. The van der Waals surface area contributed by atoms with Gasteiger partial charge in [0, 0.05) is 18.8 Å². The van der Waals surface area contributed by atoms with Crippen LogP contribution in [0.25, 0.3) is 0 Å². The van der Waals surface area contributed by atoms with E-state index in [4.69, 9.17) is 5.73 Å². The summed E-state index contributed by atoms with van der Waals surface area (Å²) in [5.41, 5.74) is 8.59. The molecule has 0 aliphatic carbocycles. The quantitative estimate of drug-likeness (QED) is 0.854. The van der Waals surface area contributed by atoms with Crippen molar-refractivity contribution < 1.29 is 4.79 Å². The Bertz CT molecular complexity index is 578. The molecule has 2 N–H and O–H groups in total. The van der Waals surface area contributed by atoms with Gasteiger partial charge in [-0.15, -0.1) is 0 Å². The molecule has 0 aliphatic rings. The van der Waals surface area contributed by atoms with Crippen molar-refractivity contribution in [2.45, 2.75) is 26.3 Å². The zero-order valence-electron chi connectivity index (χ0n) is 12.6. The smallest absolute Gasteiger partial charge is 0.230 e. The summed E-state index contributed by atoms with van der Waals surface area (Å²) in [6.07, 6.45) is 0. The lowest BCUT2D eigenvalue weighted by Crippen LogP contribution is -2.33. The fourth-order valence-electron chi connectivity index (χ4n) is 2.35. The molecule has 2 rings (SSSR count). The van der Waals surface area contributed by atoms with E-state index in [0.29, 0.717) is 13.1 Å². The molecule has 0 radical (unpaired) electrons. The van der Waals surface area contributed by atoms with Crippen molar-refractivity contribution in [3.8, 4) is 0 Å². The molecule has 3 nitrogen and oxygen atoms in total. The third kappa shape index (κ3) is 3.85. The van der Waals surface area contributed by atoms with Gasteiger partial charge in [0.05, 0.1) is 5.92 Å². The number of carbonyl (C=O) groups is 1. The van der Waals surface area contributed by atoms with Gasteiger partial charge < -0.3 is 10.6 Å². The lowest BCUT2D eigenvalue weighted by atomic mass is 9.99. The number of benzene rings is 2. The van der Waals surface area contributed by atoms with Crippen molar-refractivity contribution in [3.05, 3.63) is 65.7 Å². The van der Waals surface area contributed by atoms with Crippen LogP contribution in [0.3, 0.4) is 0 Å². The van der Waals surface area contributed by atoms with Crippen LogP contribution in [0.5, 0.6) is 0 Å². The minimum absolute atomic E-state index is 0.125. The molecule has 21 heavy (non-hydrogen) atoms. The van der Waals surface area contributed by atoms with E-state index in [1.807, 2.05) is 73.3 Å². The van der Waals surface area contributed by atoms with Gasteiger partial charge in [0.1, 0.15) is 0 Å². The highest BCUT2D eigenvalue weighted by Gasteiger charge is 2.20. The lowest BCUT2D eigenvalue weighted by Gasteiger charge is -2.25. The second-order valence-electron chi connectivity index (χ2n) is 5.23. The average molecular weight is 282 g/mol. The number of hydrogen-bond acceptors (Lipinski definition) is 2. The summed E-state index contributed by atoms with van der Waals surface area (Å²) in [6, 6.07) is 17.6. The van der Waals surface area contributed by atoms with Gasteiger partial charge in [-0.2, -0.15) is 0 Å². The number of hydrogen-bond donors (Lipinski definition) is 1. The molecule has 1 unspecified atom stereocenters. The van der Waals surface area contributed by atoms with E-state index in [0.717, 1.165) is 16.8 Å². The van der Waals surface area contributed by atoms with Crippen molar-refractivity contribution in [2.24, 2.45) is 0 Å². The number of nitrogens with zero attached hydrogens (tertiary/aromatic N) is 1. The number of anilines is 1. The topological polar surface area (TPSA) is 46.3 Å². The summed E-state index contributed by atoms with van der Waals surface area (Å²) in [7, 11) is 0. The van der Waals surface area contributed by atoms with Gasteiger partial charge in [0.25, 0.3) is 0 Å². The van der Waals surface area contributed by atoms with Crippen LogP contribution in [-0.4, -0.2) is 17.4 Å². The first kappa shape index (κ1) is 15.1. The van der Waals surface area contributed by atoms with E-state index in [1.165, 1.54) is 0 Å². The van der Waals surface area contributed by atoms with Crippen LogP contribution in [0.4, 0.5) is 5.69 Å². The Hall–Kier alpha value is -2.29. The maximum Gasteiger partial charge on any atom is 0.230 e. The average Bonchev–Trinajstić information content (AvgIpc) is 2.54. The van der Waals surface area contributed by atoms with E-state index in [2.05, 4.69) is 0 Å². The fourth-order valence-corrected chi connectivity index (χ4v) is 2.35. The highest BCUT2D eigenvalue weighted by Crippen LogP contribution is 2.19. The van der Waals surface area contributed by atoms with Crippen LogP contribution in [-0.2, 0) is 11.3 Å². The van der Waals surface area contributed by atoms with E-state index in [-0.39, 0.29) is 11.8 Å². The monoisotopic (exact) mass is 282 g/mol. The SMILES string of the molecule is CCN(Cc1ccc(N)cc1)C(=O)C(C)c1ccccc1. The first-order valence-electron chi connectivity index (χ1n) is 7.30. The number of carbonyl (C=O) groups excluding carboxylic acids is 1. The molecule has 3 heteroatoms. The zero-order chi connectivity index (χ0) is 15.2. The number of amides is 1. The van der Waals surface area contributed by atoms with Gasteiger partial charge >= 0.3 is 0 Å². The van der Waals surface area contributed by atoms with Crippen LogP contribution in [0, 0.1) is 0 Å². The predicted octanol–water partition coefficient (Wildman–Crippen LogP) is 3.42. The van der Waals surface area contributed by atoms with E-state index in [9.17, 15) is 4.79 Å². The molecule has 0 heterocycles. The van der Waals surface area contributed by atoms with Gasteiger partial charge in [-0.25, -0.2) is 0 Å². The van der Waals surface area contributed by atoms with Gasteiger partial charge in [-0.3, -0.25) is 4.79 Å². The van der Waals surface area contributed by atoms with Gasteiger partial charge in [0.2, 0.25) is 5.91 Å². The van der Waals surface area contributed by atoms with Crippen LogP contribution in [0.15, 0.2) is 54.6 Å². The molecule has 110 valence electrons. The molecule has 1 amide bonds. The Morgan fingerprint density at radius 2 is 1.71 bits per heavy atom. The van der Waals surface area contributed by atoms with Crippen LogP contribution in [0.1, 0.15) is 30.9 Å². The van der Waals surface area contributed by atoms with E-state index in [1.54, 1.807) is 0 Å². The molecule has 2 aromatic rings. The molecule has 0 saturated carbocycles. The standard InChI is InChI=1S/C18H22N2O/c1-3-20(13-15-9-11-17(19)12-10-15)18(21)14(2)16-7-5-4-6-8-16/h4-12,14H,3,13,19H2,1-2H3. The maximum absolute atomic E-state index is 12.6. The molecule has 0 fully saturated rings. The fraction of sp³-hybridized carbons (Fsp3) is 0.278. The molecular formula is C18H22N2O. The lowest BCUT2D eigenvalue weighted by molar-refractivity contribution is -0.132. The largest absolute Gasteiger partial charge is 0.399 e. The molecule has 1 atom stereocenters. The summed E-state index contributed by atoms with van der Waals surface area (Å²) in [5.74, 6) is 0.0282. The zero-order valence-corrected chi connectivity index (χ0v) is 12.6. The second kappa shape index (κ2) is 6.93. The van der Waals surface area contributed by atoms with Crippen molar-refractivity contribution in [2.75, 3.05) is 12.3 Å². The highest BCUT2D eigenvalue weighted by molar-refractivity contribution is 5.83. The number of likely N-dealkylation sites (N-methyl/N-ethyl adjacent to an activating group) is 1. The molecule has 0 aliphatic heterocycles. The normalized spacial score (nSPS) is 11.9. The van der Waals surface area contributed by atoms with Crippen molar-refractivity contribution in [1.82, 2.24) is 4.90 Å². The summed E-state index contributed by atoms with van der Waals surface area (Å²) >= 11 is 0. The maximum atomic E-state index is 12.6. The van der Waals surface area contributed by atoms with Gasteiger partial charge in [-0.1, -0.05) is 42.5 Å². The Balaban J connectivity index is 2.09. The third-order valence-electron chi connectivity index (χ3n) is 3.72. The number of nitrogen functional groups attached to an aromatic ring is 1. The Morgan fingerprint density at radius 1 is 1.10 bits per heavy atom. The van der Waals surface area contributed by atoms with Crippen molar-refractivity contribution in [1.29, 1.82) is 0 Å². The predicted molar refractivity (Wildman–Crippen MR) is 86.8 cm³/mol. The summed E-state index contributed by atoms with van der Waals surface area (Å²) in [5, 5.41) is 0. The van der Waals surface area contributed by atoms with E-state index < -0.39 is 0 Å². The first-order chi connectivity index (χ1) is 10.1. The van der Waals surface area contributed by atoms with E-state index >= 15 is 0 Å². The Morgan fingerprint density at radius 3 is 2.29 bits per heavy atom. The molecule has 2 aromatic carbocycles. The van der Waals surface area contributed by atoms with Crippen molar-refractivity contribution in [3.63, 3.8) is 0 Å². The molecule has 0 saturated heterocycles. The van der Waals surface area contributed by atoms with Crippen molar-refractivity contribution >= 4 is 11.6 Å². The summed E-state index contributed by atoms with van der Waals surface area (Å²) < 4.78 is 0. The number of rotatable bonds is 5. The molecular weight excluding hydrogens is 260 g/mol. The summed E-state index contributed by atoms with van der Waals surface area (Å²) in [4.78, 5) is 14.5.